The molecule has 0 aliphatic rings. The van der Waals surface area contributed by atoms with Crippen LogP contribution in [0.2, 0.25) is 0 Å². The minimum atomic E-state index is -0.451. The maximum atomic E-state index is 10.6. The number of nitro benzene ring substituents is 1. The van der Waals surface area contributed by atoms with E-state index in [9.17, 15) is 10.1 Å². The number of aliphatic hydroxyl groups excluding tert-OH is 1. The Hall–Kier alpha value is -1.88. The van der Waals surface area contributed by atoms with Gasteiger partial charge in [0.25, 0.3) is 5.69 Å². The third-order valence-corrected chi connectivity index (χ3v) is 2.19. The molecule has 1 rings (SSSR count). The first-order valence-corrected chi connectivity index (χ1v) is 4.88. The van der Waals surface area contributed by atoms with E-state index in [1.165, 1.54) is 6.07 Å². The zero-order chi connectivity index (χ0) is 12.1. The molecule has 0 aliphatic carbocycles. The predicted octanol–water partition coefficient (Wildman–Crippen LogP) is 1.88. The van der Waals surface area contributed by atoms with Crippen molar-refractivity contribution < 1.29 is 10.0 Å². The van der Waals surface area contributed by atoms with Crippen LogP contribution < -0.4 is 5.73 Å². The summed E-state index contributed by atoms with van der Waals surface area (Å²) < 4.78 is 0. The highest BCUT2D eigenvalue weighted by atomic mass is 16.6. The number of anilines is 1. The Morgan fingerprint density at radius 2 is 2.25 bits per heavy atom. The first kappa shape index (κ1) is 12.2. The number of benzene rings is 1. The first-order chi connectivity index (χ1) is 7.56. The summed E-state index contributed by atoms with van der Waals surface area (Å²) in [5.41, 5.74) is 7.39. The molecule has 0 unspecified atom stereocenters. The number of aryl methyl sites for hydroxylation is 1. The van der Waals surface area contributed by atoms with Crippen LogP contribution in [0.25, 0.3) is 6.08 Å². The topological polar surface area (TPSA) is 89.4 Å². The molecule has 0 bridgehead atoms. The maximum Gasteiger partial charge on any atom is 0.274 e. The number of aliphatic hydroxyl groups is 1. The van der Waals surface area contributed by atoms with E-state index < -0.39 is 4.92 Å². The average Bonchev–Trinajstić information content (AvgIpc) is 2.22. The molecule has 86 valence electrons. The van der Waals surface area contributed by atoms with Crippen molar-refractivity contribution in [2.75, 3.05) is 12.3 Å². The van der Waals surface area contributed by atoms with E-state index in [1.807, 2.05) is 0 Å². The highest BCUT2D eigenvalue weighted by Crippen LogP contribution is 2.25. The van der Waals surface area contributed by atoms with Gasteiger partial charge < -0.3 is 10.8 Å². The van der Waals surface area contributed by atoms with E-state index in [-0.39, 0.29) is 12.3 Å². The van der Waals surface area contributed by atoms with Gasteiger partial charge in [0.2, 0.25) is 0 Å². The lowest BCUT2D eigenvalue weighted by molar-refractivity contribution is -0.385. The van der Waals surface area contributed by atoms with Gasteiger partial charge in [-0.25, -0.2) is 0 Å². The molecule has 5 nitrogen and oxygen atoms in total. The van der Waals surface area contributed by atoms with Gasteiger partial charge in [-0.2, -0.15) is 0 Å². The number of rotatable bonds is 4. The van der Waals surface area contributed by atoms with Gasteiger partial charge >= 0.3 is 0 Å². The Labute approximate surface area is 93.4 Å². The second kappa shape index (κ2) is 5.27. The quantitative estimate of drug-likeness (QED) is 0.462. The third kappa shape index (κ3) is 2.80. The van der Waals surface area contributed by atoms with Gasteiger partial charge in [-0.05, 0) is 25.0 Å². The number of hydrogen-bond acceptors (Lipinski definition) is 4. The molecule has 0 saturated carbocycles. The zero-order valence-corrected chi connectivity index (χ0v) is 9.01. The predicted molar refractivity (Wildman–Crippen MR) is 63.0 cm³/mol. The molecule has 0 aliphatic heterocycles. The third-order valence-electron chi connectivity index (χ3n) is 2.19. The van der Waals surface area contributed by atoms with Gasteiger partial charge in [0, 0.05) is 23.9 Å². The molecule has 0 spiro atoms. The SMILES string of the molecule is Cc1cc(C=CCCO)c(N)cc1[N+](=O)[O-]. The van der Waals surface area contributed by atoms with E-state index >= 15 is 0 Å². The Morgan fingerprint density at radius 3 is 2.81 bits per heavy atom. The van der Waals surface area contributed by atoms with E-state index in [0.717, 1.165) is 5.56 Å². The fourth-order valence-electron chi connectivity index (χ4n) is 1.36. The number of nitrogen functional groups attached to an aromatic ring is 1. The second-order valence-electron chi connectivity index (χ2n) is 3.44. The van der Waals surface area contributed by atoms with Crippen LogP contribution in [0, 0.1) is 17.0 Å². The normalized spacial score (nSPS) is 10.9. The summed E-state index contributed by atoms with van der Waals surface area (Å²) in [5, 5.41) is 19.3. The lowest BCUT2D eigenvalue weighted by Gasteiger charge is -2.03. The molecule has 0 saturated heterocycles. The van der Waals surface area contributed by atoms with E-state index in [2.05, 4.69) is 0 Å². The van der Waals surface area contributed by atoms with E-state index in [4.69, 9.17) is 10.8 Å². The number of hydrogen-bond donors (Lipinski definition) is 2. The fourth-order valence-corrected chi connectivity index (χ4v) is 1.36. The Kier molecular flexibility index (Phi) is 4.02. The summed E-state index contributed by atoms with van der Waals surface area (Å²) in [6.45, 7) is 1.74. The highest BCUT2D eigenvalue weighted by Gasteiger charge is 2.12. The molecule has 3 N–H and O–H groups in total. The molecule has 0 heterocycles. The van der Waals surface area contributed by atoms with Crippen molar-refractivity contribution in [1.29, 1.82) is 0 Å². The number of nitrogens with zero attached hydrogens (tertiary/aromatic N) is 1. The average molecular weight is 222 g/mol. The van der Waals surface area contributed by atoms with E-state index in [0.29, 0.717) is 17.7 Å². The van der Waals surface area contributed by atoms with Crippen LogP contribution in [0.15, 0.2) is 18.2 Å². The van der Waals surface area contributed by atoms with Gasteiger partial charge in [-0.3, -0.25) is 10.1 Å². The van der Waals surface area contributed by atoms with Crippen molar-refractivity contribution in [2.45, 2.75) is 13.3 Å². The van der Waals surface area contributed by atoms with Crippen LogP contribution in [0.3, 0.4) is 0 Å². The molecule has 0 aromatic heterocycles. The first-order valence-electron chi connectivity index (χ1n) is 4.88. The van der Waals surface area contributed by atoms with E-state index in [1.54, 1.807) is 25.1 Å². The van der Waals surface area contributed by atoms with Crippen molar-refractivity contribution in [3.8, 4) is 0 Å². The molecule has 0 radical (unpaired) electrons. The van der Waals surface area contributed by atoms with Crippen LogP contribution >= 0.6 is 0 Å². The number of nitrogens with two attached hydrogens (primary N) is 1. The Morgan fingerprint density at radius 1 is 1.56 bits per heavy atom. The van der Waals surface area contributed by atoms with Crippen molar-refractivity contribution in [3.05, 3.63) is 39.4 Å². The molecule has 5 heteroatoms. The van der Waals surface area contributed by atoms with Crippen molar-refractivity contribution in [1.82, 2.24) is 0 Å². The second-order valence-corrected chi connectivity index (χ2v) is 3.44. The summed E-state index contributed by atoms with van der Waals surface area (Å²) in [6, 6.07) is 3.02. The highest BCUT2D eigenvalue weighted by molar-refractivity contribution is 5.69. The largest absolute Gasteiger partial charge is 0.398 e. The molecular formula is C11H14N2O3. The maximum absolute atomic E-state index is 10.6. The molecule has 1 aromatic rings. The van der Waals surface area contributed by atoms with Gasteiger partial charge in [0.15, 0.2) is 0 Å². The standard InChI is InChI=1S/C11H14N2O3/c1-8-6-9(4-2-3-5-14)10(12)7-11(8)13(15)16/h2,4,6-7,14H,3,5,12H2,1H3. The van der Waals surface area contributed by atoms with Crippen molar-refractivity contribution in [2.24, 2.45) is 0 Å². The molecule has 0 fully saturated rings. The monoisotopic (exact) mass is 222 g/mol. The molecule has 0 amide bonds. The molecular weight excluding hydrogens is 208 g/mol. The van der Waals surface area contributed by atoms with Crippen LogP contribution in [0.5, 0.6) is 0 Å². The van der Waals surface area contributed by atoms with Gasteiger partial charge in [-0.1, -0.05) is 12.2 Å². The van der Waals surface area contributed by atoms with Gasteiger partial charge in [-0.15, -0.1) is 0 Å². The summed E-state index contributed by atoms with van der Waals surface area (Å²) in [5.74, 6) is 0. The summed E-state index contributed by atoms with van der Waals surface area (Å²) in [7, 11) is 0. The smallest absolute Gasteiger partial charge is 0.274 e. The van der Waals surface area contributed by atoms with Crippen molar-refractivity contribution >= 4 is 17.5 Å². The molecule has 0 atom stereocenters. The minimum absolute atomic E-state index is 0.0248. The number of nitro groups is 1. The summed E-state index contributed by atoms with van der Waals surface area (Å²) in [6.07, 6.45) is 4.06. The summed E-state index contributed by atoms with van der Waals surface area (Å²) >= 11 is 0. The minimum Gasteiger partial charge on any atom is -0.398 e. The van der Waals surface area contributed by atoms with Crippen molar-refractivity contribution in [3.63, 3.8) is 0 Å². The van der Waals surface area contributed by atoms with Gasteiger partial charge in [0.05, 0.1) is 4.92 Å². The Bertz CT molecular complexity index is 427. The molecule has 1 aromatic carbocycles. The van der Waals surface area contributed by atoms with Crippen LogP contribution in [-0.4, -0.2) is 16.6 Å². The van der Waals surface area contributed by atoms with Crippen LogP contribution in [0.4, 0.5) is 11.4 Å². The van der Waals surface area contributed by atoms with Crippen LogP contribution in [-0.2, 0) is 0 Å². The lowest BCUT2D eigenvalue weighted by Crippen LogP contribution is -1.96. The Balaban J connectivity index is 3.05. The lowest BCUT2D eigenvalue weighted by atomic mass is 10.1. The fraction of sp³-hybridized carbons (Fsp3) is 0.273. The zero-order valence-electron chi connectivity index (χ0n) is 9.01. The van der Waals surface area contributed by atoms with Crippen LogP contribution in [0.1, 0.15) is 17.5 Å². The molecule has 16 heavy (non-hydrogen) atoms. The van der Waals surface area contributed by atoms with Gasteiger partial charge in [0.1, 0.15) is 0 Å². The summed E-state index contributed by atoms with van der Waals surface area (Å²) in [4.78, 5) is 10.2.